The minimum absolute atomic E-state index is 0. The monoisotopic (exact) mass is 413 g/mol. The van der Waals surface area contributed by atoms with E-state index in [1.165, 1.54) is 89.9 Å². The maximum absolute atomic E-state index is 11.8. The third kappa shape index (κ3) is 13.4. The first kappa shape index (κ1) is 30.6. The highest BCUT2D eigenvalue weighted by Gasteiger charge is 2.40. The van der Waals surface area contributed by atoms with Crippen molar-refractivity contribution in [1.29, 1.82) is 0 Å². The van der Waals surface area contributed by atoms with Gasteiger partial charge in [-0.1, -0.05) is 137 Å². The summed E-state index contributed by atoms with van der Waals surface area (Å²) in [6.07, 6.45) is 22.8. The van der Waals surface area contributed by atoms with E-state index >= 15 is 0 Å². The molecule has 0 aromatic heterocycles. The van der Waals surface area contributed by atoms with E-state index in [4.69, 9.17) is 0 Å². The summed E-state index contributed by atoms with van der Waals surface area (Å²) in [5.74, 6) is -0.880. The molecule has 0 aromatic carbocycles. The van der Waals surface area contributed by atoms with Crippen LogP contribution in [0.4, 0.5) is 0 Å². The van der Waals surface area contributed by atoms with E-state index in [-0.39, 0.29) is 11.6 Å². The van der Waals surface area contributed by atoms with E-state index in [2.05, 4.69) is 20.8 Å². The Kier molecular flexibility index (Phi) is 19.2. The van der Waals surface area contributed by atoms with Crippen molar-refractivity contribution in [2.45, 2.75) is 150 Å². The molecule has 0 saturated heterocycles. The Morgan fingerprint density at radius 1 is 0.586 bits per heavy atom. The molecular formula is C26H55NO2. The number of carboxylic acids is 1. The van der Waals surface area contributed by atoms with Crippen molar-refractivity contribution in [2.24, 2.45) is 10.8 Å². The van der Waals surface area contributed by atoms with Crippen molar-refractivity contribution < 1.29 is 9.90 Å². The summed E-state index contributed by atoms with van der Waals surface area (Å²) >= 11 is 0. The van der Waals surface area contributed by atoms with Gasteiger partial charge in [-0.05, 0) is 18.3 Å². The van der Waals surface area contributed by atoms with E-state index in [9.17, 15) is 9.90 Å². The molecule has 0 bridgehead atoms. The summed E-state index contributed by atoms with van der Waals surface area (Å²) in [6.45, 7) is 10.5. The molecule has 0 aliphatic heterocycles. The van der Waals surface area contributed by atoms with E-state index in [1.54, 1.807) is 0 Å². The third-order valence-corrected chi connectivity index (χ3v) is 7.18. The molecule has 0 rings (SSSR count). The summed E-state index contributed by atoms with van der Waals surface area (Å²) < 4.78 is 0. The van der Waals surface area contributed by atoms with Gasteiger partial charge in [0.25, 0.3) is 0 Å². The SMILES string of the molecule is CCCCCCCCCCC(C)(CCCCCCCCCC)C(C)(C)C(=O)[O-].[NH4+]. The number of unbranched alkanes of at least 4 members (excludes halogenated alkanes) is 14. The van der Waals surface area contributed by atoms with Crippen LogP contribution in [0.1, 0.15) is 150 Å². The molecule has 0 atom stereocenters. The fourth-order valence-electron chi connectivity index (χ4n) is 4.29. The van der Waals surface area contributed by atoms with Crippen molar-refractivity contribution in [3.63, 3.8) is 0 Å². The number of rotatable bonds is 20. The molecule has 0 aliphatic carbocycles. The first-order valence-corrected chi connectivity index (χ1v) is 12.5. The molecule has 0 radical (unpaired) electrons. The summed E-state index contributed by atoms with van der Waals surface area (Å²) in [7, 11) is 0. The molecule has 0 saturated carbocycles. The highest BCUT2D eigenvalue weighted by Crippen LogP contribution is 2.46. The van der Waals surface area contributed by atoms with Crippen molar-refractivity contribution >= 4 is 5.97 Å². The maximum Gasteiger partial charge on any atom is 0.0476 e. The van der Waals surface area contributed by atoms with Crippen molar-refractivity contribution in [2.75, 3.05) is 0 Å². The summed E-state index contributed by atoms with van der Waals surface area (Å²) in [4.78, 5) is 11.8. The minimum atomic E-state index is -0.880. The van der Waals surface area contributed by atoms with E-state index < -0.39 is 11.4 Å². The fourth-order valence-corrected chi connectivity index (χ4v) is 4.29. The molecule has 3 nitrogen and oxygen atoms in total. The average Bonchev–Trinajstić information content (AvgIpc) is 2.65. The van der Waals surface area contributed by atoms with Crippen LogP contribution >= 0.6 is 0 Å². The maximum atomic E-state index is 11.8. The molecule has 0 unspecified atom stereocenters. The van der Waals surface area contributed by atoms with E-state index in [0.29, 0.717) is 0 Å². The van der Waals surface area contributed by atoms with Crippen LogP contribution in [-0.2, 0) is 4.79 Å². The van der Waals surface area contributed by atoms with Crippen LogP contribution in [0.3, 0.4) is 0 Å². The number of carbonyl (C=O) groups is 1. The second-order valence-electron chi connectivity index (χ2n) is 9.92. The minimum Gasteiger partial charge on any atom is -0.550 e. The zero-order valence-electron chi connectivity index (χ0n) is 21.0. The number of aliphatic carboxylic acids is 1. The quantitative estimate of drug-likeness (QED) is 0.204. The van der Waals surface area contributed by atoms with E-state index in [0.717, 1.165) is 25.7 Å². The fraction of sp³-hybridized carbons (Fsp3) is 0.962. The molecule has 0 fully saturated rings. The molecule has 0 aliphatic rings. The Hall–Kier alpha value is -0.570. The number of hydrogen-bond acceptors (Lipinski definition) is 2. The Balaban J connectivity index is 0. The highest BCUT2D eigenvalue weighted by atomic mass is 16.4. The lowest BCUT2D eigenvalue weighted by atomic mass is 9.61. The van der Waals surface area contributed by atoms with E-state index in [1.807, 2.05) is 13.8 Å². The summed E-state index contributed by atoms with van der Waals surface area (Å²) in [6, 6.07) is 0. The Morgan fingerprint density at radius 3 is 1.14 bits per heavy atom. The summed E-state index contributed by atoms with van der Waals surface area (Å²) in [5, 5.41) is 11.8. The first-order valence-electron chi connectivity index (χ1n) is 12.5. The van der Waals surface area contributed by atoms with Crippen molar-refractivity contribution in [3.8, 4) is 0 Å². The van der Waals surface area contributed by atoms with Crippen LogP contribution in [0.5, 0.6) is 0 Å². The summed E-state index contributed by atoms with van der Waals surface area (Å²) in [5.41, 5.74) is -0.911. The Morgan fingerprint density at radius 2 is 0.862 bits per heavy atom. The predicted molar refractivity (Wildman–Crippen MR) is 127 cm³/mol. The number of quaternary nitrogens is 1. The predicted octanol–water partition coefficient (Wildman–Crippen LogP) is 8.21. The Bertz CT molecular complexity index is 359. The van der Waals surface area contributed by atoms with Gasteiger partial charge in [0.1, 0.15) is 0 Å². The molecule has 3 heteroatoms. The third-order valence-electron chi connectivity index (χ3n) is 7.18. The van der Waals surface area contributed by atoms with Crippen LogP contribution < -0.4 is 11.3 Å². The highest BCUT2D eigenvalue weighted by molar-refractivity contribution is 5.72. The van der Waals surface area contributed by atoms with Crippen LogP contribution in [0.2, 0.25) is 0 Å². The molecule has 0 spiro atoms. The lowest BCUT2D eigenvalue weighted by Crippen LogP contribution is -2.49. The zero-order chi connectivity index (χ0) is 21.3. The van der Waals surface area contributed by atoms with Crippen LogP contribution in [-0.4, -0.2) is 5.97 Å². The molecule has 0 heterocycles. The molecule has 0 aromatic rings. The normalized spacial score (nSPS) is 12.0. The van der Waals surface area contributed by atoms with Gasteiger partial charge in [0.05, 0.1) is 0 Å². The molecule has 0 amide bonds. The van der Waals surface area contributed by atoms with Crippen molar-refractivity contribution in [3.05, 3.63) is 0 Å². The smallest absolute Gasteiger partial charge is 0.0476 e. The van der Waals surface area contributed by atoms with Gasteiger partial charge in [0.2, 0.25) is 0 Å². The van der Waals surface area contributed by atoms with Gasteiger partial charge < -0.3 is 16.1 Å². The van der Waals surface area contributed by atoms with Gasteiger partial charge >= 0.3 is 0 Å². The van der Waals surface area contributed by atoms with Gasteiger partial charge in [-0.3, -0.25) is 0 Å². The first-order chi connectivity index (χ1) is 13.3. The number of carbonyl (C=O) groups excluding carboxylic acids is 1. The lowest BCUT2D eigenvalue weighted by molar-refractivity contribution is -0.323. The van der Waals surface area contributed by atoms with Gasteiger partial charge in [0, 0.05) is 11.4 Å². The van der Waals surface area contributed by atoms with Crippen LogP contribution in [0.25, 0.3) is 0 Å². The number of carboxylic acid groups (broad SMARTS) is 1. The largest absolute Gasteiger partial charge is 0.550 e. The van der Waals surface area contributed by atoms with Crippen LogP contribution in [0, 0.1) is 10.8 Å². The average molecular weight is 414 g/mol. The van der Waals surface area contributed by atoms with Gasteiger partial charge in [0.15, 0.2) is 0 Å². The van der Waals surface area contributed by atoms with Gasteiger partial charge in [-0.2, -0.15) is 0 Å². The zero-order valence-corrected chi connectivity index (χ0v) is 21.0. The van der Waals surface area contributed by atoms with Gasteiger partial charge in [-0.25, -0.2) is 0 Å². The van der Waals surface area contributed by atoms with Crippen LogP contribution in [0.15, 0.2) is 0 Å². The molecule has 29 heavy (non-hydrogen) atoms. The Labute approximate surface area is 183 Å². The van der Waals surface area contributed by atoms with Gasteiger partial charge in [-0.15, -0.1) is 0 Å². The molecule has 176 valence electrons. The topological polar surface area (TPSA) is 76.6 Å². The van der Waals surface area contributed by atoms with Crippen molar-refractivity contribution in [1.82, 2.24) is 6.15 Å². The second kappa shape index (κ2) is 18.2. The molecular weight excluding hydrogens is 358 g/mol. The second-order valence-corrected chi connectivity index (χ2v) is 9.92. The lowest BCUT2D eigenvalue weighted by Gasteiger charge is -2.46. The standard InChI is InChI=1S/C26H52O2.H3N/c1-6-8-10-12-14-16-18-20-22-26(5,25(3,4)24(27)28)23-21-19-17-15-13-11-9-7-2;/h6-23H2,1-5H3,(H,27,28);1H3. The molecule has 4 N–H and O–H groups in total. The number of hydrogen-bond donors (Lipinski definition) is 1.